The highest BCUT2D eigenvalue weighted by Gasteiger charge is 2.24. The van der Waals surface area contributed by atoms with Crippen LogP contribution in [-0.4, -0.2) is 29.4 Å². The zero-order valence-corrected chi connectivity index (χ0v) is 13.3. The molecule has 0 saturated carbocycles. The van der Waals surface area contributed by atoms with Gasteiger partial charge in [-0.05, 0) is 44.9 Å². The van der Waals surface area contributed by atoms with Crippen molar-refractivity contribution in [1.82, 2.24) is 0 Å². The van der Waals surface area contributed by atoms with E-state index in [1.165, 1.54) is 0 Å². The third kappa shape index (κ3) is 6.63. The SMILES string of the molecule is CCCC(C)OC(Cc1cccc(O)c1)C(=O)OC(C)C. The smallest absolute Gasteiger partial charge is 0.335 e. The Balaban J connectivity index is 2.77. The van der Waals surface area contributed by atoms with Gasteiger partial charge in [-0.25, -0.2) is 4.79 Å². The fraction of sp³-hybridized carbons (Fsp3) is 0.588. The Morgan fingerprint density at radius 2 is 2.00 bits per heavy atom. The molecule has 1 N–H and O–H groups in total. The average Bonchev–Trinajstić information content (AvgIpc) is 2.37. The molecule has 0 aliphatic rings. The van der Waals surface area contributed by atoms with Gasteiger partial charge in [-0.1, -0.05) is 25.5 Å². The Labute approximate surface area is 127 Å². The van der Waals surface area contributed by atoms with Crippen molar-refractivity contribution in [2.45, 2.75) is 65.3 Å². The van der Waals surface area contributed by atoms with E-state index in [9.17, 15) is 9.90 Å². The van der Waals surface area contributed by atoms with Gasteiger partial charge in [0.25, 0.3) is 0 Å². The summed E-state index contributed by atoms with van der Waals surface area (Å²) in [6.07, 6.45) is 1.47. The lowest BCUT2D eigenvalue weighted by atomic mass is 10.1. The molecule has 0 amide bonds. The monoisotopic (exact) mass is 294 g/mol. The van der Waals surface area contributed by atoms with Crippen molar-refractivity contribution in [2.75, 3.05) is 0 Å². The van der Waals surface area contributed by atoms with Crippen molar-refractivity contribution in [3.8, 4) is 5.75 Å². The van der Waals surface area contributed by atoms with E-state index in [1.54, 1.807) is 18.2 Å². The van der Waals surface area contributed by atoms with Crippen LogP contribution >= 0.6 is 0 Å². The standard InChI is InChI=1S/C17H26O4/c1-5-7-13(4)21-16(17(19)20-12(2)3)11-14-8-6-9-15(18)10-14/h6,8-10,12-13,16,18H,5,7,11H2,1-4H3. The molecule has 1 aromatic carbocycles. The van der Waals surface area contributed by atoms with Crippen LogP contribution in [0.3, 0.4) is 0 Å². The number of phenolic OH excluding ortho intramolecular Hbond substituents is 1. The second-order valence-corrected chi connectivity index (χ2v) is 5.58. The Morgan fingerprint density at radius 3 is 2.57 bits per heavy atom. The van der Waals surface area contributed by atoms with Crippen LogP contribution in [0, 0.1) is 0 Å². The maximum Gasteiger partial charge on any atom is 0.335 e. The number of carbonyl (C=O) groups excluding carboxylic acids is 1. The quantitative estimate of drug-likeness (QED) is 0.746. The molecule has 1 aromatic rings. The van der Waals surface area contributed by atoms with Crippen molar-refractivity contribution >= 4 is 5.97 Å². The molecule has 0 heterocycles. The van der Waals surface area contributed by atoms with Crippen molar-refractivity contribution < 1.29 is 19.4 Å². The fourth-order valence-corrected chi connectivity index (χ4v) is 2.15. The van der Waals surface area contributed by atoms with E-state index in [0.717, 1.165) is 18.4 Å². The minimum Gasteiger partial charge on any atom is -0.508 e. The van der Waals surface area contributed by atoms with Gasteiger partial charge in [0.15, 0.2) is 6.10 Å². The van der Waals surface area contributed by atoms with Crippen molar-refractivity contribution in [3.63, 3.8) is 0 Å². The molecule has 0 saturated heterocycles. The van der Waals surface area contributed by atoms with E-state index in [-0.39, 0.29) is 23.9 Å². The maximum atomic E-state index is 12.2. The molecule has 0 aliphatic heterocycles. The lowest BCUT2D eigenvalue weighted by molar-refractivity contribution is -0.164. The molecule has 0 bridgehead atoms. The van der Waals surface area contributed by atoms with Crippen LogP contribution in [0.4, 0.5) is 0 Å². The summed E-state index contributed by atoms with van der Waals surface area (Å²) in [5.74, 6) is -0.165. The van der Waals surface area contributed by atoms with Crippen LogP contribution < -0.4 is 0 Å². The number of ether oxygens (including phenoxy) is 2. The summed E-state index contributed by atoms with van der Waals surface area (Å²) in [4.78, 5) is 12.2. The second-order valence-electron chi connectivity index (χ2n) is 5.58. The first-order valence-electron chi connectivity index (χ1n) is 7.56. The predicted octanol–water partition coefficient (Wildman–Crippen LogP) is 3.46. The fourth-order valence-electron chi connectivity index (χ4n) is 2.15. The van der Waals surface area contributed by atoms with Gasteiger partial charge in [0.1, 0.15) is 5.75 Å². The summed E-state index contributed by atoms with van der Waals surface area (Å²) in [5, 5.41) is 9.52. The summed E-state index contributed by atoms with van der Waals surface area (Å²) in [6.45, 7) is 7.68. The second kappa shape index (κ2) is 8.67. The van der Waals surface area contributed by atoms with E-state index >= 15 is 0 Å². The molecule has 21 heavy (non-hydrogen) atoms. The predicted molar refractivity (Wildman–Crippen MR) is 82.3 cm³/mol. The summed E-state index contributed by atoms with van der Waals surface area (Å²) in [7, 11) is 0. The van der Waals surface area contributed by atoms with E-state index in [0.29, 0.717) is 6.42 Å². The molecule has 1 rings (SSSR count). The summed E-state index contributed by atoms with van der Waals surface area (Å²) >= 11 is 0. The van der Waals surface area contributed by atoms with Crippen LogP contribution in [0.2, 0.25) is 0 Å². The first kappa shape index (κ1) is 17.5. The first-order valence-corrected chi connectivity index (χ1v) is 7.56. The topological polar surface area (TPSA) is 55.8 Å². The van der Waals surface area contributed by atoms with Gasteiger partial charge >= 0.3 is 5.97 Å². The molecule has 0 spiro atoms. The van der Waals surface area contributed by atoms with Crippen molar-refractivity contribution in [1.29, 1.82) is 0 Å². The number of phenols is 1. The van der Waals surface area contributed by atoms with E-state index in [1.807, 2.05) is 26.8 Å². The molecule has 2 atom stereocenters. The van der Waals surface area contributed by atoms with Crippen LogP contribution in [-0.2, 0) is 20.7 Å². The van der Waals surface area contributed by atoms with Crippen LogP contribution in [0.15, 0.2) is 24.3 Å². The Bertz CT molecular complexity index is 442. The number of hydrogen-bond donors (Lipinski definition) is 1. The average molecular weight is 294 g/mol. The van der Waals surface area contributed by atoms with Crippen molar-refractivity contribution in [2.24, 2.45) is 0 Å². The van der Waals surface area contributed by atoms with Gasteiger partial charge in [0.05, 0.1) is 12.2 Å². The first-order chi connectivity index (χ1) is 9.92. The van der Waals surface area contributed by atoms with Gasteiger partial charge in [-0.3, -0.25) is 0 Å². The van der Waals surface area contributed by atoms with E-state index < -0.39 is 6.10 Å². The molecule has 2 unspecified atom stereocenters. The van der Waals surface area contributed by atoms with Gasteiger partial charge in [0, 0.05) is 6.42 Å². The third-order valence-electron chi connectivity index (χ3n) is 3.04. The van der Waals surface area contributed by atoms with Gasteiger partial charge in [-0.2, -0.15) is 0 Å². The van der Waals surface area contributed by atoms with Crippen molar-refractivity contribution in [3.05, 3.63) is 29.8 Å². The van der Waals surface area contributed by atoms with Crippen LogP contribution in [0.5, 0.6) is 5.75 Å². The molecule has 118 valence electrons. The normalized spacial score (nSPS) is 14.0. The molecule has 0 radical (unpaired) electrons. The van der Waals surface area contributed by atoms with Crippen LogP contribution in [0.1, 0.15) is 46.1 Å². The highest BCUT2D eigenvalue weighted by Crippen LogP contribution is 2.17. The minimum absolute atomic E-state index is 0.00276. The van der Waals surface area contributed by atoms with Gasteiger partial charge in [-0.15, -0.1) is 0 Å². The molecule has 0 fully saturated rings. The third-order valence-corrected chi connectivity index (χ3v) is 3.04. The number of esters is 1. The maximum absolute atomic E-state index is 12.2. The van der Waals surface area contributed by atoms with Gasteiger partial charge in [0.2, 0.25) is 0 Å². The molecule has 4 heteroatoms. The lowest BCUT2D eigenvalue weighted by Gasteiger charge is -2.22. The summed E-state index contributed by atoms with van der Waals surface area (Å²) in [5.41, 5.74) is 0.851. The summed E-state index contributed by atoms with van der Waals surface area (Å²) < 4.78 is 11.1. The largest absolute Gasteiger partial charge is 0.508 e. The summed E-state index contributed by atoms with van der Waals surface area (Å²) in [6, 6.07) is 6.86. The Morgan fingerprint density at radius 1 is 1.29 bits per heavy atom. The molecule has 0 aromatic heterocycles. The number of aromatic hydroxyl groups is 1. The zero-order chi connectivity index (χ0) is 15.8. The zero-order valence-electron chi connectivity index (χ0n) is 13.3. The number of rotatable bonds is 8. The molecule has 4 nitrogen and oxygen atoms in total. The van der Waals surface area contributed by atoms with E-state index in [4.69, 9.17) is 9.47 Å². The van der Waals surface area contributed by atoms with Gasteiger partial charge < -0.3 is 14.6 Å². The number of benzene rings is 1. The lowest BCUT2D eigenvalue weighted by Crippen LogP contribution is -2.33. The highest BCUT2D eigenvalue weighted by atomic mass is 16.6. The van der Waals surface area contributed by atoms with E-state index in [2.05, 4.69) is 6.92 Å². The highest BCUT2D eigenvalue weighted by molar-refractivity contribution is 5.75. The Hall–Kier alpha value is -1.55. The van der Waals surface area contributed by atoms with Crippen LogP contribution in [0.25, 0.3) is 0 Å². The minimum atomic E-state index is -0.643. The molecule has 0 aliphatic carbocycles. The molecular weight excluding hydrogens is 268 g/mol. The number of hydrogen-bond acceptors (Lipinski definition) is 4. The number of carbonyl (C=O) groups is 1. The Kier molecular flexibility index (Phi) is 7.23. The molecular formula is C17H26O4.